The maximum atomic E-state index is 13.0. The van der Waals surface area contributed by atoms with Gasteiger partial charge in [-0.15, -0.1) is 11.7 Å². The van der Waals surface area contributed by atoms with Crippen molar-refractivity contribution in [2.45, 2.75) is 18.3 Å². The van der Waals surface area contributed by atoms with E-state index in [0.29, 0.717) is 35.3 Å². The topological polar surface area (TPSA) is 107 Å². The van der Waals surface area contributed by atoms with Crippen LogP contribution in [0.5, 0.6) is 11.5 Å². The van der Waals surface area contributed by atoms with E-state index in [4.69, 9.17) is 9.47 Å². The molecule has 1 amide bonds. The Kier molecular flexibility index (Phi) is 8.89. The first-order valence-electron chi connectivity index (χ1n) is 11.8. The molecule has 10 heteroatoms. The van der Waals surface area contributed by atoms with Crippen LogP contribution in [0.1, 0.15) is 16.7 Å². The number of rotatable bonds is 11. The third-order valence-electron chi connectivity index (χ3n) is 5.65. The van der Waals surface area contributed by atoms with Crippen LogP contribution in [0.25, 0.3) is 0 Å². The number of non-ortho nitro benzene ring substituents is 1. The first-order valence-corrected chi connectivity index (χ1v) is 12.6. The highest BCUT2D eigenvalue weighted by Gasteiger charge is 2.37. The number of ether oxygens (including phenoxy) is 2. The lowest BCUT2D eigenvalue weighted by Crippen LogP contribution is -2.32. The number of amides is 1. The molecular weight excluding hydrogens is 504 g/mol. The summed E-state index contributed by atoms with van der Waals surface area (Å²) < 4.78 is 11.4. The zero-order valence-corrected chi connectivity index (χ0v) is 21.5. The number of nitro groups is 1. The fraction of sp³-hybridized carbons (Fsp3) is 0.179. The Labute approximate surface area is 224 Å². The second-order valence-electron chi connectivity index (χ2n) is 8.29. The van der Waals surface area contributed by atoms with Gasteiger partial charge in [-0.2, -0.15) is 5.10 Å². The minimum absolute atomic E-state index is 0.00806. The van der Waals surface area contributed by atoms with Gasteiger partial charge in [0.1, 0.15) is 6.61 Å². The summed E-state index contributed by atoms with van der Waals surface area (Å²) in [6, 6.07) is 21.6. The van der Waals surface area contributed by atoms with Gasteiger partial charge in [-0.05, 0) is 41.3 Å². The Morgan fingerprint density at radius 3 is 2.61 bits per heavy atom. The van der Waals surface area contributed by atoms with Crippen molar-refractivity contribution in [1.29, 1.82) is 0 Å². The number of benzene rings is 3. The van der Waals surface area contributed by atoms with Gasteiger partial charge in [0, 0.05) is 18.7 Å². The lowest BCUT2D eigenvalue weighted by atomic mass is 10.1. The standard InChI is InChI=1S/C28H26N4O5S/c1-3-14-31-27(33)26(17-21-10-7-11-23(15-21)32(34)35)38-28(31)30-29-18-22-12-13-24(25(16-22)36-2)37-19-20-8-5-4-6-9-20/h3-13,15-16,18,26H,1,14,17,19H2,2H3. The van der Waals surface area contributed by atoms with Gasteiger partial charge >= 0.3 is 0 Å². The van der Waals surface area contributed by atoms with E-state index in [-0.39, 0.29) is 18.1 Å². The summed E-state index contributed by atoms with van der Waals surface area (Å²) in [5, 5.41) is 19.6. The summed E-state index contributed by atoms with van der Waals surface area (Å²) in [6.07, 6.45) is 3.52. The molecule has 1 saturated heterocycles. The SMILES string of the molecule is C=CCN1C(=O)C(Cc2cccc([N+](=O)[O-])c2)SC1=NN=Cc1ccc(OCc2ccccc2)c(OC)c1. The molecule has 3 aromatic rings. The number of carbonyl (C=O) groups excluding carboxylic acids is 1. The van der Waals surface area contributed by atoms with Crippen molar-refractivity contribution in [3.05, 3.63) is 112 Å². The molecule has 3 aromatic carbocycles. The highest BCUT2D eigenvalue weighted by molar-refractivity contribution is 8.15. The second-order valence-corrected chi connectivity index (χ2v) is 9.46. The van der Waals surface area contributed by atoms with Crippen LogP contribution in [-0.4, -0.2) is 46.0 Å². The third-order valence-corrected chi connectivity index (χ3v) is 6.81. The fourth-order valence-electron chi connectivity index (χ4n) is 3.79. The number of methoxy groups -OCH3 is 1. The predicted octanol–water partition coefficient (Wildman–Crippen LogP) is 5.25. The highest BCUT2D eigenvalue weighted by Crippen LogP contribution is 2.31. The quantitative estimate of drug-likeness (QED) is 0.145. The number of hydrogen-bond acceptors (Lipinski definition) is 8. The van der Waals surface area contributed by atoms with Crippen LogP contribution in [0.4, 0.5) is 5.69 Å². The van der Waals surface area contributed by atoms with Crippen LogP contribution in [0.3, 0.4) is 0 Å². The Bertz CT molecular complexity index is 1380. The van der Waals surface area contributed by atoms with E-state index in [1.165, 1.54) is 28.8 Å². The average molecular weight is 531 g/mol. The van der Waals surface area contributed by atoms with Gasteiger partial charge in [-0.1, -0.05) is 60.3 Å². The Morgan fingerprint density at radius 2 is 1.87 bits per heavy atom. The van der Waals surface area contributed by atoms with Gasteiger partial charge in [0.2, 0.25) is 5.91 Å². The molecule has 1 atom stereocenters. The molecule has 0 aromatic heterocycles. The van der Waals surface area contributed by atoms with Crippen LogP contribution in [0.15, 0.2) is 95.7 Å². The van der Waals surface area contributed by atoms with Crippen molar-refractivity contribution in [2.75, 3.05) is 13.7 Å². The molecule has 0 spiro atoms. The van der Waals surface area contributed by atoms with Crippen LogP contribution < -0.4 is 9.47 Å². The zero-order valence-electron chi connectivity index (χ0n) is 20.7. The van der Waals surface area contributed by atoms with Gasteiger partial charge in [-0.25, -0.2) is 0 Å². The number of nitrogens with zero attached hydrogens (tertiary/aromatic N) is 4. The van der Waals surface area contributed by atoms with E-state index in [0.717, 1.165) is 11.1 Å². The van der Waals surface area contributed by atoms with Crippen LogP contribution >= 0.6 is 11.8 Å². The summed E-state index contributed by atoms with van der Waals surface area (Å²) >= 11 is 1.28. The summed E-state index contributed by atoms with van der Waals surface area (Å²) in [5.74, 6) is 1.03. The number of hydrogen-bond donors (Lipinski definition) is 0. The molecule has 0 aliphatic carbocycles. The minimum atomic E-state index is -0.466. The molecule has 1 heterocycles. The molecule has 1 fully saturated rings. The number of thioether (sulfide) groups is 1. The molecule has 0 N–H and O–H groups in total. The van der Waals surface area contributed by atoms with Gasteiger partial charge < -0.3 is 9.47 Å². The Balaban J connectivity index is 1.45. The molecule has 1 unspecified atom stereocenters. The monoisotopic (exact) mass is 530 g/mol. The Hall–Kier alpha value is -4.44. The first kappa shape index (κ1) is 26.6. The molecule has 38 heavy (non-hydrogen) atoms. The van der Waals surface area contributed by atoms with Crippen molar-refractivity contribution in [3.63, 3.8) is 0 Å². The zero-order chi connectivity index (χ0) is 26.9. The molecule has 1 aliphatic rings. The molecule has 1 aliphatic heterocycles. The molecule has 0 radical (unpaired) electrons. The summed E-state index contributed by atoms with van der Waals surface area (Å²) in [6.45, 7) is 4.43. The summed E-state index contributed by atoms with van der Waals surface area (Å²) in [7, 11) is 1.57. The van der Waals surface area contributed by atoms with Crippen LogP contribution in [-0.2, 0) is 17.8 Å². The molecule has 0 bridgehead atoms. The molecule has 194 valence electrons. The molecule has 9 nitrogen and oxygen atoms in total. The van der Waals surface area contributed by atoms with Crippen molar-refractivity contribution in [2.24, 2.45) is 10.2 Å². The molecule has 4 rings (SSSR count). The number of nitro benzene ring substituents is 1. The van der Waals surface area contributed by atoms with E-state index in [9.17, 15) is 14.9 Å². The van der Waals surface area contributed by atoms with Crippen molar-refractivity contribution in [1.82, 2.24) is 4.90 Å². The van der Waals surface area contributed by atoms with E-state index in [1.807, 2.05) is 42.5 Å². The maximum absolute atomic E-state index is 13.0. The van der Waals surface area contributed by atoms with E-state index >= 15 is 0 Å². The molecule has 0 saturated carbocycles. The van der Waals surface area contributed by atoms with E-state index < -0.39 is 10.2 Å². The largest absolute Gasteiger partial charge is 0.493 e. The van der Waals surface area contributed by atoms with Crippen LogP contribution in [0.2, 0.25) is 0 Å². The van der Waals surface area contributed by atoms with Gasteiger partial charge in [0.25, 0.3) is 5.69 Å². The van der Waals surface area contributed by atoms with Gasteiger partial charge in [-0.3, -0.25) is 19.8 Å². The third kappa shape index (κ3) is 6.65. The van der Waals surface area contributed by atoms with Crippen LogP contribution in [0, 0.1) is 10.1 Å². The summed E-state index contributed by atoms with van der Waals surface area (Å²) in [4.78, 5) is 25.2. The van der Waals surface area contributed by atoms with Gasteiger partial charge in [0.15, 0.2) is 16.7 Å². The average Bonchev–Trinajstić information content (AvgIpc) is 3.22. The van der Waals surface area contributed by atoms with Gasteiger partial charge in [0.05, 0.1) is 23.5 Å². The maximum Gasteiger partial charge on any atom is 0.269 e. The summed E-state index contributed by atoms with van der Waals surface area (Å²) in [5.41, 5.74) is 2.49. The van der Waals surface area contributed by atoms with E-state index in [2.05, 4.69) is 16.8 Å². The lowest BCUT2D eigenvalue weighted by molar-refractivity contribution is -0.384. The predicted molar refractivity (Wildman–Crippen MR) is 149 cm³/mol. The van der Waals surface area contributed by atoms with Crippen molar-refractivity contribution in [3.8, 4) is 11.5 Å². The Morgan fingerprint density at radius 1 is 1.08 bits per heavy atom. The second kappa shape index (κ2) is 12.7. The smallest absolute Gasteiger partial charge is 0.269 e. The first-order chi connectivity index (χ1) is 18.5. The van der Waals surface area contributed by atoms with E-state index in [1.54, 1.807) is 37.6 Å². The highest BCUT2D eigenvalue weighted by atomic mass is 32.2. The fourth-order valence-corrected chi connectivity index (χ4v) is 4.93. The van der Waals surface area contributed by atoms with Crippen molar-refractivity contribution < 1.29 is 19.2 Å². The normalized spacial score (nSPS) is 16.2. The van der Waals surface area contributed by atoms with Crippen molar-refractivity contribution >= 4 is 34.7 Å². The lowest BCUT2D eigenvalue weighted by Gasteiger charge is -2.13. The minimum Gasteiger partial charge on any atom is -0.493 e. The molecular formula is C28H26N4O5S. The number of carbonyl (C=O) groups is 1. The number of amidine groups is 1.